The molecule has 2 aromatic rings. The topological polar surface area (TPSA) is 62.3 Å². The van der Waals surface area contributed by atoms with E-state index in [9.17, 15) is 9.59 Å². The summed E-state index contributed by atoms with van der Waals surface area (Å²) in [7, 11) is 0. The Labute approximate surface area is 122 Å². The van der Waals surface area contributed by atoms with Gasteiger partial charge >= 0.3 is 11.8 Å². The normalized spacial score (nSPS) is 15.0. The van der Waals surface area contributed by atoms with Crippen LogP contribution < -0.4 is 5.32 Å². The molecule has 1 saturated heterocycles. The Bertz CT molecular complexity index is 653. The summed E-state index contributed by atoms with van der Waals surface area (Å²) < 4.78 is 0. The lowest BCUT2D eigenvalue weighted by Crippen LogP contribution is -2.51. The smallest absolute Gasteiger partial charge is 0.312 e. The number of carbonyl (C=O) groups is 2. The van der Waals surface area contributed by atoms with E-state index >= 15 is 0 Å². The number of pyridine rings is 1. The van der Waals surface area contributed by atoms with Gasteiger partial charge in [-0.05, 0) is 28.8 Å². The molecule has 2 heterocycles. The second kappa shape index (κ2) is 5.75. The number of nitrogens with zero attached hydrogens (tertiary/aromatic N) is 2. The van der Waals surface area contributed by atoms with E-state index in [0.29, 0.717) is 19.6 Å². The molecule has 3 rings (SSSR count). The highest BCUT2D eigenvalue weighted by Gasteiger charge is 2.25. The van der Waals surface area contributed by atoms with Crippen molar-refractivity contribution in [3.05, 3.63) is 54.4 Å². The van der Waals surface area contributed by atoms with Crippen molar-refractivity contribution in [2.75, 3.05) is 13.1 Å². The lowest BCUT2D eigenvalue weighted by molar-refractivity contribution is -0.148. The highest BCUT2D eigenvalue weighted by atomic mass is 16.2. The highest BCUT2D eigenvalue weighted by Crippen LogP contribution is 2.19. The van der Waals surface area contributed by atoms with Crippen molar-refractivity contribution >= 4 is 11.8 Å². The number of aromatic nitrogens is 1. The number of rotatable bonds is 3. The predicted octanol–water partition coefficient (Wildman–Crippen LogP) is 1.21. The van der Waals surface area contributed by atoms with Crippen LogP contribution in [-0.2, 0) is 16.1 Å². The first kappa shape index (κ1) is 13.3. The molecule has 0 aliphatic carbocycles. The maximum absolute atomic E-state index is 11.7. The molecule has 0 bridgehead atoms. The minimum absolute atomic E-state index is 0.459. The maximum atomic E-state index is 11.7. The Hall–Kier alpha value is -2.69. The quantitative estimate of drug-likeness (QED) is 0.860. The SMILES string of the molecule is O=C1NCCN(Cc2ccc(-c3ccncc3)cc2)C1=O. The Kier molecular flexibility index (Phi) is 3.64. The maximum Gasteiger partial charge on any atom is 0.312 e. The molecule has 1 aromatic carbocycles. The molecule has 0 spiro atoms. The third-order valence-electron chi connectivity index (χ3n) is 3.49. The summed E-state index contributed by atoms with van der Waals surface area (Å²) in [5, 5.41) is 2.54. The van der Waals surface area contributed by atoms with Crippen molar-refractivity contribution < 1.29 is 9.59 Å². The largest absolute Gasteiger partial charge is 0.346 e. The van der Waals surface area contributed by atoms with Gasteiger partial charge in [0.1, 0.15) is 0 Å². The van der Waals surface area contributed by atoms with Gasteiger partial charge in [-0.1, -0.05) is 24.3 Å². The van der Waals surface area contributed by atoms with Crippen LogP contribution in [0.3, 0.4) is 0 Å². The number of piperazine rings is 1. The highest BCUT2D eigenvalue weighted by molar-refractivity contribution is 6.35. The number of benzene rings is 1. The zero-order valence-corrected chi connectivity index (χ0v) is 11.5. The molecule has 0 saturated carbocycles. The molecule has 0 atom stereocenters. The molecule has 0 radical (unpaired) electrons. The van der Waals surface area contributed by atoms with E-state index in [0.717, 1.165) is 16.7 Å². The van der Waals surface area contributed by atoms with Gasteiger partial charge in [0.25, 0.3) is 0 Å². The number of nitrogens with one attached hydrogen (secondary N) is 1. The van der Waals surface area contributed by atoms with Gasteiger partial charge in [0.2, 0.25) is 0 Å². The van der Waals surface area contributed by atoms with Crippen LogP contribution in [0.25, 0.3) is 11.1 Å². The molecule has 5 heteroatoms. The van der Waals surface area contributed by atoms with Crippen LogP contribution in [0.15, 0.2) is 48.8 Å². The average molecular weight is 281 g/mol. The first-order chi connectivity index (χ1) is 10.2. The molecule has 5 nitrogen and oxygen atoms in total. The number of hydrogen-bond acceptors (Lipinski definition) is 3. The molecule has 1 aliphatic heterocycles. The molecule has 1 fully saturated rings. The van der Waals surface area contributed by atoms with Crippen molar-refractivity contribution in [1.29, 1.82) is 0 Å². The zero-order valence-electron chi connectivity index (χ0n) is 11.5. The fourth-order valence-electron chi connectivity index (χ4n) is 2.34. The summed E-state index contributed by atoms with van der Waals surface area (Å²) in [5.41, 5.74) is 3.21. The standard InChI is InChI=1S/C16H15N3O2/c20-15-16(21)19(10-9-18-15)11-12-1-3-13(4-2-12)14-5-7-17-8-6-14/h1-8H,9-11H2,(H,18,20). The van der Waals surface area contributed by atoms with Crippen LogP contribution in [0.5, 0.6) is 0 Å². The number of hydrogen-bond donors (Lipinski definition) is 1. The van der Waals surface area contributed by atoms with Gasteiger partial charge in [-0.2, -0.15) is 0 Å². The van der Waals surface area contributed by atoms with Gasteiger partial charge in [-0.3, -0.25) is 14.6 Å². The van der Waals surface area contributed by atoms with Gasteiger partial charge in [-0.25, -0.2) is 0 Å². The third kappa shape index (κ3) is 2.91. The van der Waals surface area contributed by atoms with E-state index in [2.05, 4.69) is 10.3 Å². The zero-order chi connectivity index (χ0) is 14.7. The Morgan fingerprint density at radius 3 is 2.38 bits per heavy atom. The van der Waals surface area contributed by atoms with Crippen molar-refractivity contribution in [2.45, 2.75) is 6.54 Å². The van der Waals surface area contributed by atoms with E-state index in [1.54, 1.807) is 17.3 Å². The number of carbonyl (C=O) groups excluding carboxylic acids is 2. The lowest BCUT2D eigenvalue weighted by atomic mass is 10.0. The molecule has 2 amide bonds. The fourth-order valence-corrected chi connectivity index (χ4v) is 2.34. The first-order valence-corrected chi connectivity index (χ1v) is 6.80. The van der Waals surface area contributed by atoms with E-state index in [1.165, 1.54) is 0 Å². The van der Waals surface area contributed by atoms with Crippen LogP contribution >= 0.6 is 0 Å². The summed E-state index contributed by atoms with van der Waals surface area (Å²) in [6.45, 7) is 1.53. The Balaban J connectivity index is 1.73. The summed E-state index contributed by atoms with van der Waals surface area (Å²) in [5.74, 6) is -0.978. The van der Waals surface area contributed by atoms with E-state index in [4.69, 9.17) is 0 Å². The van der Waals surface area contributed by atoms with Crippen molar-refractivity contribution in [1.82, 2.24) is 15.2 Å². The van der Waals surface area contributed by atoms with Crippen molar-refractivity contribution in [3.63, 3.8) is 0 Å². The average Bonchev–Trinajstić information content (AvgIpc) is 2.53. The van der Waals surface area contributed by atoms with Crippen LogP contribution in [0.1, 0.15) is 5.56 Å². The van der Waals surface area contributed by atoms with Gasteiger partial charge in [0, 0.05) is 32.0 Å². The third-order valence-corrected chi connectivity index (χ3v) is 3.49. The molecular formula is C16H15N3O2. The van der Waals surface area contributed by atoms with E-state index in [1.807, 2.05) is 36.4 Å². The van der Waals surface area contributed by atoms with Crippen molar-refractivity contribution in [3.8, 4) is 11.1 Å². The minimum atomic E-state index is -0.519. The van der Waals surface area contributed by atoms with Crippen molar-refractivity contribution in [2.24, 2.45) is 0 Å². The molecule has 1 aliphatic rings. The van der Waals surface area contributed by atoms with Gasteiger partial charge in [0.05, 0.1) is 0 Å². The van der Waals surface area contributed by atoms with E-state index < -0.39 is 11.8 Å². The fraction of sp³-hybridized carbons (Fsp3) is 0.188. The second-order valence-corrected chi connectivity index (χ2v) is 4.92. The first-order valence-electron chi connectivity index (χ1n) is 6.80. The Morgan fingerprint density at radius 1 is 1.00 bits per heavy atom. The van der Waals surface area contributed by atoms with E-state index in [-0.39, 0.29) is 0 Å². The van der Waals surface area contributed by atoms with Gasteiger partial charge in [0.15, 0.2) is 0 Å². The van der Waals surface area contributed by atoms with Crippen LogP contribution in [-0.4, -0.2) is 34.8 Å². The van der Waals surface area contributed by atoms with Crippen LogP contribution in [0.4, 0.5) is 0 Å². The molecular weight excluding hydrogens is 266 g/mol. The van der Waals surface area contributed by atoms with Crippen LogP contribution in [0, 0.1) is 0 Å². The molecule has 1 N–H and O–H groups in total. The van der Waals surface area contributed by atoms with Gasteiger partial charge < -0.3 is 10.2 Å². The summed E-state index contributed by atoms with van der Waals surface area (Å²) in [6, 6.07) is 11.9. The minimum Gasteiger partial charge on any atom is -0.346 e. The summed E-state index contributed by atoms with van der Waals surface area (Å²) in [4.78, 5) is 28.6. The van der Waals surface area contributed by atoms with Gasteiger partial charge in [-0.15, -0.1) is 0 Å². The molecule has 1 aromatic heterocycles. The number of amides is 2. The molecule has 106 valence electrons. The molecule has 0 unspecified atom stereocenters. The lowest BCUT2D eigenvalue weighted by Gasteiger charge is -2.26. The summed E-state index contributed by atoms with van der Waals surface area (Å²) >= 11 is 0. The Morgan fingerprint density at radius 2 is 1.67 bits per heavy atom. The molecule has 21 heavy (non-hydrogen) atoms. The second-order valence-electron chi connectivity index (χ2n) is 4.92. The monoisotopic (exact) mass is 281 g/mol. The predicted molar refractivity (Wildman–Crippen MR) is 78.1 cm³/mol. The van der Waals surface area contributed by atoms with Crippen LogP contribution in [0.2, 0.25) is 0 Å². The summed E-state index contributed by atoms with van der Waals surface area (Å²) in [6.07, 6.45) is 3.52.